The summed E-state index contributed by atoms with van der Waals surface area (Å²) >= 11 is 5.29. The molecule has 1 heterocycles. The lowest BCUT2D eigenvalue weighted by molar-refractivity contribution is 0.497. The number of hydrogen-bond donors (Lipinski definition) is 1. The molecule has 1 aromatic carbocycles. The molecule has 0 amide bonds. The van der Waals surface area contributed by atoms with E-state index in [2.05, 4.69) is 28.2 Å². The van der Waals surface area contributed by atoms with Gasteiger partial charge in [-0.05, 0) is 36.4 Å². The summed E-state index contributed by atoms with van der Waals surface area (Å²) in [6, 6.07) is 5.28. The van der Waals surface area contributed by atoms with Crippen LogP contribution in [0, 0.1) is 11.7 Å². The second kappa shape index (κ2) is 5.52. The van der Waals surface area contributed by atoms with E-state index in [0.29, 0.717) is 5.92 Å². The highest BCUT2D eigenvalue weighted by molar-refractivity contribution is 9.10. The molecule has 0 aliphatic carbocycles. The Morgan fingerprint density at radius 3 is 3.06 bits per heavy atom. The van der Waals surface area contributed by atoms with Crippen molar-refractivity contribution in [1.82, 2.24) is 5.32 Å². The van der Waals surface area contributed by atoms with Gasteiger partial charge in [0, 0.05) is 21.8 Å². The summed E-state index contributed by atoms with van der Waals surface area (Å²) in [5, 5.41) is 3.43. The largest absolute Gasteiger partial charge is 0.309 e. The molecule has 2 unspecified atom stereocenters. The van der Waals surface area contributed by atoms with E-state index in [1.54, 1.807) is 6.07 Å². The van der Waals surface area contributed by atoms with Gasteiger partial charge in [0.15, 0.2) is 0 Å². The molecule has 1 aromatic rings. The molecule has 0 aromatic heterocycles. The van der Waals surface area contributed by atoms with Crippen molar-refractivity contribution in [2.75, 3.05) is 18.1 Å². The van der Waals surface area contributed by atoms with E-state index in [-0.39, 0.29) is 11.9 Å². The lowest BCUT2D eigenvalue weighted by atomic mass is 10.1. The van der Waals surface area contributed by atoms with E-state index in [0.717, 1.165) is 28.1 Å². The maximum absolute atomic E-state index is 13.7. The highest BCUT2D eigenvalue weighted by atomic mass is 79.9. The third-order valence-corrected chi connectivity index (χ3v) is 4.60. The molecule has 2 atom stereocenters. The van der Waals surface area contributed by atoms with Gasteiger partial charge in [0.2, 0.25) is 0 Å². The molecule has 1 nitrogen and oxygen atoms in total. The number of halogens is 2. The van der Waals surface area contributed by atoms with Crippen LogP contribution < -0.4 is 5.32 Å². The molecule has 88 valence electrons. The molecular weight excluding hydrogens is 289 g/mol. The van der Waals surface area contributed by atoms with Gasteiger partial charge in [-0.1, -0.05) is 22.9 Å². The fourth-order valence-electron chi connectivity index (χ4n) is 1.83. The lowest BCUT2D eigenvalue weighted by Gasteiger charge is -2.17. The van der Waals surface area contributed by atoms with Crippen LogP contribution in [0.1, 0.15) is 18.5 Å². The molecule has 0 spiro atoms. The zero-order valence-electron chi connectivity index (χ0n) is 9.17. The molecular formula is C12H15BrFNS. The average molecular weight is 304 g/mol. The second-order valence-electron chi connectivity index (χ2n) is 4.27. The monoisotopic (exact) mass is 303 g/mol. The lowest BCUT2D eigenvalue weighted by Crippen LogP contribution is -2.26. The van der Waals surface area contributed by atoms with E-state index >= 15 is 0 Å². The summed E-state index contributed by atoms with van der Waals surface area (Å²) in [4.78, 5) is 0. The molecule has 1 saturated heterocycles. The van der Waals surface area contributed by atoms with Crippen LogP contribution in [-0.4, -0.2) is 18.1 Å². The predicted octanol–water partition coefficient (Wildman–Crippen LogP) is 3.60. The minimum atomic E-state index is -0.115. The molecule has 0 bridgehead atoms. The Balaban J connectivity index is 2.19. The van der Waals surface area contributed by atoms with Crippen molar-refractivity contribution in [3.63, 3.8) is 0 Å². The Hall–Kier alpha value is -0.0600. The Morgan fingerprint density at radius 2 is 2.25 bits per heavy atom. The summed E-state index contributed by atoms with van der Waals surface area (Å²) < 4.78 is 14.7. The second-order valence-corrected chi connectivity index (χ2v) is 6.26. The van der Waals surface area contributed by atoms with Gasteiger partial charge in [-0.3, -0.25) is 0 Å². The van der Waals surface area contributed by atoms with Gasteiger partial charge < -0.3 is 5.32 Å². The first-order valence-electron chi connectivity index (χ1n) is 5.43. The van der Waals surface area contributed by atoms with Gasteiger partial charge in [0.1, 0.15) is 5.82 Å². The zero-order chi connectivity index (χ0) is 11.5. The molecule has 1 N–H and O–H groups in total. The average Bonchev–Trinajstić information content (AvgIpc) is 2.47. The zero-order valence-corrected chi connectivity index (χ0v) is 11.6. The highest BCUT2D eigenvalue weighted by Gasteiger charge is 2.20. The van der Waals surface area contributed by atoms with Crippen LogP contribution in [0.25, 0.3) is 0 Å². The summed E-state index contributed by atoms with van der Waals surface area (Å²) in [7, 11) is 0. The fourth-order valence-corrected chi connectivity index (χ4v) is 3.40. The van der Waals surface area contributed by atoms with Crippen molar-refractivity contribution >= 4 is 27.7 Å². The summed E-state index contributed by atoms with van der Waals surface area (Å²) in [6.45, 7) is 3.18. The number of benzene rings is 1. The van der Waals surface area contributed by atoms with Crippen LogP contribution in [0.5, 0.6) is 0 Å². The standard InChI is InChI=1S/C12H15BrFNS/c1-8-5-15-12(7-16-6-8)10-4-9(13)2-3-11(10)14/h2-4,8,12,15H,5-7H2,1H3. The van der Waals surface area contributed by atoms with Gasteiger partial charge in [0.25, 0.3) is 0 Å². The van der Waals surface area contributed by atoms with Crippen molar-refractivity contribution in [3.8, 4) is 0 Å². The van der Waals surface area contributed by atoms with Gasteiger partial charge >= 0.3 is 0 Å². The van der Waals surface area contributed by atoms with E-state index < -0.39 is 0 Å². The minimum Gasteiger partial charge on any atom is -0.309 e. The van der Waals surface area contributed by atoms with Crippen LogP contribution in [0.4, 0.5) is 4.39 Å². The normalized spacial score (nSPS) is 26.4. The van der Waals surface area contributed by atoms with E-state index in [1.807, 2.05) is 17.8 Å². The van der Waals surface area contributed by atoms with Crippen LogP contribution in [0.2, 0.25) is 0 Å². The van der Waals surface area contributed by atoms with E-state index in [1.165, 1.54) is 6.07 Å². The Morgan fingerprint density at radius 1 is 1.44 bits per heavy atom. The van der Waals surface area contributed by atoms with Gasteiger partial charge in [-0.2, -0.15) is 11.8 Å². The van der Waals surface area contributed by atoms with Gasteiger partial charge in [-0.25, -0.2) is 4.39 Å². The predicted molar refractivity (Wildman–Crippen MR) is 71.3 cm³/mol. The Kier molecular flexibility index (Phi) is 4.27. The van der Waals surface area contributed by atoms with Crippen molar-refractivity contribution in [2.45, 2.75) is 13.0 Å². The van der Waals surface area contributed by atoms with E-state index in [9.17, 15) is 4.39 Å². The maximum atomic E-state index is 13.7. The first-order chi connectivity index (χ1) is 7.66. The third-order valence-electron chi connectivity index (χ3n) is 2.73. The first kappa shape index (κ1) is 12.4. The fraction of sp³-hybridized carbons (Fsp3) is 0.500. The van der Waals surface area contributed by atoms with Gasteiger partial charge in [-0.15, -0.1) is 0 Å². The molecule has 16 heavy (non-hydrogen) atoms. The van der Waals surface area contributed by atoms with Crippen LogP contribution >= 0.6 is 27.7 Å². The summed E-state index contributed by atoms with van der Waals surface area (Å²) in [5.74, 6) is 2.64. The molecule has 1 aliphatic rings. The highest BCUT2D eigenvalue weighted by Crippen LogP contribution is 2.27. The van der Waals surface area contributed by atoms with Crippen molar-refractivity contribution in [1.29, 1.82) is 0 Å². The molecule has 1 fully saturated rings. The maximum Gasteiger partial charge on any atom is 0.128 e. The topological polar surface area (TPSA) is 12.0 Å². The minimum absolute atomic E-state index is 0.115. The molecule has 0 radical (unpaired) electrons. The quantitative estimate of drug-likeness (QED) is 0.851. The van der Waals surface area contributed by atoms with Crippen LogP contribution in [0.15, 0.2) is 22.7 Å². The summed E-state index contributed by atoms with van der Waals surface area (Å²) in [5.41, 5.74) is 0.774. The van der Waals surface area contributed by atoms with Crippen LogP contribution in [0.3, 0.4) is 0 Å². The smallest absolute Gasteiger partial charge is 0.128 e. The van der Waals surface area contributed by atoms with Gasteiger partial charge in [0.05, 0.1) is 0 Å². The molecule has 4 heteroatoms. The van der Waals surface area contributed by atoms with Crippen molar-refractivity contribution in [3.05, 3.63) is 34.1 Å². The Bertz CT molecular complexity index is 372. The first-order valence-corrected chi connectivity index (χ1v) is 7.37. The van der Waals surface area contributed by atoms with Crippen LogP contribution in [-0.2, 0) is 0 Å². The number of rotatable bonds is 1. The number of thioether (sulfide) groups is 1. The molecule has 0 saturated carbocycles. The SMILES string of the molecule is CC1CNC(c2cc(Br)ccc2F)CSC1. The number of nitrogens with one attached hydrogen (secondary N) is 1. The van der Waals surface area contributed by atoms with Crippen molar-refractivity contribution in [2.24, 2.45) is 5.92 Å². The molecule has 1 aliphatic heterocycles. The Labute approximate surface area is 108 Å². The number of hydrogen-bond acceptors (Lipinski definition) is 2. The van der Waals surface area contributed by atoms with E-state index in [4.69, 9.17) is 0 Å². The summed E-state index contributed by atoms with van der Waals surface area (Å²) in [6.07, 6.45) is 0. The van der Waals surface area contributed by atoms with Crippen molar-refractivity contribution < 1.29 is 4.39 Å². The molecule has 2 rings (SSSR count). The third kappa shape index (κ3) is 2.99.